The molecule has 0 saturated heterocycles. The topological polar surface area (TPSA) is 188 Å². The number of unbranched alkanes of at least 4 members (excludes halogenated alkanes) is 2. The summed E-state index contributed by atoms with van der Waals surface area (Å²) < 4.78 is 22.2. The summed E-state index contributed by atoms with van der Waals surface area (Å²) in [5.74, 6) is -0.716. The average Bonchev–Trinajstić information content (AvgIpc) is 2.07. The number of carboxylic acids is 1. The van der Waals surface area contributed by atoms with E-state index in [9.17, 15) is 13.9 Å². The molecule has 114 valence electrons. The Morgan fingerprint density at radius 3 is 1.55 bits per heavy atom. The van der Waals surface area contributed by atoms with Crippen molar-refractivity contribution >= 4 is 124 Å². The van der Waals surface area contributed by atoms with Gasteiger partial charge in [-0.15, -0.1) is 0 Å². The zero-order chi connectivity index (χ0) is 14.8. The second-order valence-electron chi connectivity index (χ2n) is 3.06. The molecule has 0 saturated carbocycles. The molecule has 14 heteroatoms. The van der Waals surface area contributed by atoms with Gasteiger partial charge in [0.15, 0.2) is 0 Å². The molecule has 0 atom stereocenters. The van der Waals surface area contributed by atoms with E-state index in [0.29, 0.717) is 6.54 Å². The molecular weight excluding hydrogens is 370 g/mol. The molecule has 0 fully saturated rings. The Morgan fingerprint density at radius 2 is 1.35 bits per heavy atom. The molecule has 0 aliphatic carbocycles. The second kappa shape index (κ2) is 16.8. The summed E-state index contributed by atoms with van der Waals surface area (Å²) in [4.78, 5) is 40.9. The maximum atomic E-state index is 9.93. The van der Waals surface area contributed by atoms with Crippen molar-refractivity contribution in [2.24, 2.45) is 5.73 Å². The van der Waals surface area contributed by atoms with Crippen LogP contribution in [0.1, 0.15) is 25.7 Å². The molecule has 0 spiro atoms. The molecule has 20 heavy (non-hydrogen) atoms. The van der Waals surface area contributed by atoms with Crippen molar-refractivity contribution in [2.45, 2.75) is 25.7 Å². The van der Waals surface area contributed by atoms with Crippen molar-refractivity contribution in [1.29, 1.82) is 0 Å². The van der Waals surface area contributed by atoms with Crippen LogP contribution in [0.15, 0.2) is 0 Å². The van der Waals surface area contributed by atoms with Crippen LogP contribution >= 0.6 is 15.6 Å². The number of hydrogen-bond donors (Lipinski definition) is 6. The van der Waals surface area contributed by atoms with E-state index in [2.05, 4.69) is 4.31 Å². The van der Waals surface area contributed by atoms with Crippen molar-refractivity contribution < 1.29 is 42.9 Å². The third-order valence-corrected chi connectivity index (χ3v) is 3.01. The van der Waals surface area contributed by atoms with Gasteiger partial charge in [-0.25, -0.2) is 9.13 Å². The fourth-order valence-corrected chi connectivity index (χ4v) is 1.84. The zero-order valence-electron chi connectivity index (χ0n) is 9.38. The quantitative estimate of drug-likeness (QED) is 0.169. The molecule has 0 aromatic carbocycles. The summed E-state index contributed by atoms with van der Waals surface area (Å²) in [6, 6.07) is 0. The number of nitrogens with two attached hydrogens (primary N) is 1. The molecule has 0 aromatic heterocycles. The fraction of sp³-hybridized carbons (Fsp3) is 0.833. The van der Waals surface area contributed by atoms with Crippen LogP contribution in [0, 0.1) is 0 Å². The summed E-state index contributed by atoms with van der Waals surface area (Å²) >= 11 is 0. The normalized spacial score (nSPS) is 10.4. The molecule has 0 heterocycles. The Balaban J connectivity index is -0.000000116. The number of carboxylic acid groups (broad SMARTS) is 1. The van der Waals surface area contributed by atoms with Crippen molar-refractivity contribution in [3.05, 3.63) is 0 Å². The molecule has 0 rings (SSSR count). The van der Waals surface area contributed by atoms with Crippen molar-refractivity contribution in [2.75, 3.05) is 6.54 Å². The molecule has 10 nitrogen and oxygen atoms in total. The SMILES string of the molecule is NCCCCCC(=O)O.O=P(O)(O)OP(=O)(O)O.[KH].[KH]. The third kappa shape index (κ3) is 37.3. The molecular formula is C6H19K2NO9P2. The number of hydrogen-bond acceptors (Lipinski definition) is 5. The summed E-state index contributed by atoms with van der Waals surface area (Å²) in [5, 5.41) is 8.18. The third-order valence-electron chi connectivity index (χ3n) is 1.31. The van der Waals surface area contributed by atoms with Gasteiger partial charge >= 0.3 is 124 Å². The molecule has 0 unspecified atom stereocenters. The van der Waals surface area contributed by atoms with Crippen molar-refractivity contribution in [3.63, 3.8) is 0 Å². The summed E-state index contributed by atoms with van der Waals surface area (Å²) in [7, 11) is -10.1. The molecule has 7 N–H and O–H groups in total. The van der Waals surface area contributed by atoms with Gasteiger partial charge in [0, 0.05) is 6.42 Å². The van der Waals surface area contributed by atoms with Gasteiger partial charge in [0.05, 0.1) is 0 Å². The van der Waals surface area contributed by atoms with Crippen LogP contribution in [0.2, 0.25) is 0 Å². The van der Waals surface area contributed by atoms with E-state index >= 15 is 0 Å². The number of carbonyl (C=O) groups is 1. The van der Waals surface area contributed by atoms with Gasteiger partial charge in [-0.1, -0.05) is 6.42 Å². The van der Waals surface area contributed by atoms with Gasteiger partial charge in [-0.2, -0.15) is 4.31 Å². The summed E-state index contributed by atoms with van der Waals surface area (Å²) in [6.45, 7) is 0.666. The Kier molecular flexibility index (Phi) is 25.9. The molecule has 0 aliphatic heterocycles. The van der Waals surface area contributed by atoms with E-state index in [1.807, 2.05) is 0 Å². The van der Waals surface area contributed by atoms with Gasteiger partial charge < -0.3 is 30.4 Å². The summed E-state index contributed by atoms with van der Waals surface area (Å²) in [5.41, 5.74) is 5.20. The van der Waals surface area contributed by atoms with Crippen LogP contribution in [0.5, 0.6) is 0 Å². The fourth-order valence-electron chi connectivity index (χ4n) is 0.736. The monoisotopic (exact) mass is 389 g/mol. The van der Waals surface area contributed by atoms with Gasteiger partial charge in [0.1, 0.15) is 0 Å². The van der Waals surface area contributed by atoms with Gasteiger partial charge in [-0.3, -0.25) is 4.79 Å². The Hall–Kier alpha value is 2.96. The minimum atomic E-state index is -5.05. The van der Waals surface area contributed by atoms with Crippen LogP contribution < -0.4 is 5.73 Å². The van der Waals surface area contributed by atoms with Crippen LogP contribution in [0.25, 0.3) is 0 Å². The molecule has 0 amide bonds. The number of phosphoric acid groups is 2. The first-order valence-corrected chi connectivity index (χ1v) is 7.78. The first-order chi connectivity index (χ1) is 7.98. The van der Waals surface area contributed by atoms with Crippen LogP contribution in [-0.4, -0.2) is 140 Å². The van der Waals surface area contributed by atoms with Crippen molar-refractivity contribution in [1.82, 2.24) is 0 Å². The van der Waals surface area contributed by atoms with Gasteiger partial charge in [0.2, 0.25) is 0 Å². The van der Waals surface area contributed by atoms with Crippen LogP contribution in [0.4, 0.5) is 0 Å². The standard InChI is InChI=1S/C6H13NO2.2K.H4O7P2.2H/c7-5-3-1-2-4-6(8)9;;;1-8(2,3)7-9(4,5)6;;/h1-5,7H2,(H,8,9);;;(H2,1,2,3)(H2,4,5,6);;. The molecule has 0 aromatic rings. The van der Waals surface area contributed by atoms with Gasteiger partial charge in [0.25, 0.3) is 0 Å². The molecule has 0 aliphatic rings. The van der Waals surface area contributed by atoms with E-state index in [1.54, 1.807) is 0 Å². The van der Waals surface area contributed by atoms with E-state index in [-0.39, 0.29) is 109 Å². The second-order valence-corrected chi connectivity index (χ2v) is 5.67. The number of aliphatic carboxylic acids is 1. The van der Waals surface area contributed by atoms with E-state index in [0.717, 1.165) is 19.3 Å². The van der Waals surface area contributed by atoms with Gasteiger partial charge in [-0.05, 0) is 19.4 Å². The van der Waals surface area contributed by atoms with Crippen LogP contribution in [0.3, 0.4) is 0 Å². The number of rotatable bonds is 7. The molecule has 0 radical (unpaired) electrons. The first kappa shape index (κ1) is 30.8. The van der Waals surface area contributed by atoms with Crippen LogP contribution in [-0.2, 0) is 18.2 Å². The predicted molar refractivity (Wildman–Crippen MR) is 74.6 cm³/mol. The van der Waals surface area contributed by atoms with E-state index in [4.69, 9.17) is 30.4 Å². The maximum absolute atomic E-state index is 9.93. The summed E-state index contributed by atoms with van der Waals surface area (Å²) in [6.07, 6.45) is 2.91. The minimum absolute atomic E-state index is 0. The molecule has 0 bridgehead atoms. The van der Waals surface area contributed by atoms with E-state index < -0.39 is 21.6 Å². The predicted octanol–water partition coefficient (Wildman–Crippen LogP) is -1.52. The first-order valence-electron chi connectivity index (χ1n) is 4.72. The Morgan fingerprint density at radius 1 is 0.950 bits per heavy atom. The Bertz CT molecular complexity index is 310. The Labute approximate surface area is 201 Å². The average molecular weight is 389 g/mol. The zero-order valence-corrected chi connectivity index (χ0v) is 11.2. The van der Waals surface area contributed by atoms with Crippen molar-refractivity contribution in [3.8, 4) is 0 Å². The van der Waals surface area contributed by atoms with E-state index in [1.165, 1.54) is 0 Å².